The second kappa shape index (κ2) is 4.69. The predicted octanol–water partition coefficient (Wildman–Crippen LogP) is 4.89. The van der Waals surface area contributed by atoms with Crippen molar-refractivity contribution in [2.45, 2.75) is 0 Å². The predicted molar refractivity (Wildman–Crippen MR) is 65.7 cm³/mol. The maximum Gasteiger partial charge on any atom is 0.147 e. The summed E-state index contributed by atoms with van der Waals surface area (Å²) in [6, 6.07) is 15.1. The quantitative estimate of drug-likeness (QED) is 0.762. The molecule has 3 heteroatoms. The molecule has 2 aromatic rings. The topological polar surface area (TPSA) is 9.23 Å². The Kier molecular flexibility index (Phi) is 3.29. The average Bonchev–Trinajstić information content (AvgIpc) is 2.25. The van der Waals surface area contributed by atoms with Crippen LogP contribution in [0.5, 0.6) is 11.5 Å². The van der Waals surface area contributed by atoms with Crippen molar-refractivity contribution in [2.24, 2.45) is 0 Å². The maximum atomic E-state index is 6.00. The van der Waals surface area contributed by atoms with E-state index in [1.54, 1.807) is 6.07 Å². The Morgan fingerprint density at radius 2 is 1.73 bits per heavy atom. The fraction of sp³-hybridized carbons (Fsp3) is 0. The number of hydrogen-bond acceptors (Lipinski definition) is 1. The largest absolute Gasteiger partial charge is 0.456 e. The first kappa shape index (κ1) is 10.5. The van der Waals surface area contributed by atoms with Gasteiger partial charge in [-0.05, 0) is 30.3 Å². The first-order valence-corrected chi connectivity index (χ1v) is 5.61. The van der Waals surface area contributed by atoms with E-state index in [4.69, 9.17) is 16.3 Å². The fourth-order valence-corrected chi connectivity index (χ4v) is 1.67. The highest BCUT2D eigenvalue weighted by Crippen LogP contribution is 2.31. The molecule has 0 aliphatic carbocycles. The van der Waals surface area contributed by atoms with Crippen molar-refractivity contribution in [1.29, 1.82) is 0 Å². The van der Waals surface area contributed by atoms with Gasteiger partial charge in [0.15, 0.2) is 0 Å². The lowest BCUT2D eigenvalue weighted by Crippen LogP contribution is -1.84. The molecule has 0 saturated carbocycles. The number of ether oxygens (including phenoxy) is 1. The van der Waals surface area contributed by atoms with E-state index >= 15 is 0 Å². The number of benzene rings is 2. The summed E-state index contributed by atoms with van der Waals surface area (Å²) in [5.41, 5.74) is 0. The Morgan fingerprint density at radius 1 is 1.00 bits per heavy atom. The van der Waals surface area contributed by atoms with Crippen LogP contribution in [0.25, 0.3) is 0 Å². The third kappa shape index (κ3) is 2.74. The molecule has 15 heavy (non-hydrogen) atoms. The molecule has 0 bridgehead atoms. The molecule has 0 aromatic heterocycles. The monoisotopic (exact) mass is 282 g/mol. The van der Waals surface area contributed by atoms with Crippen LogP contribution in [0.2, 0.25) is 5.02 Å². The minimum atomic E-state index is 0.599. The molecule has 0 aliphatic heterocycles. The molecule has 0 amide bonds. The van der Waals surface area contributed by atoms with Gasteiger partial charge >= 0.3 is 0 Å². The number of halogens is 2. The van der Waals surface area contributed by atoms with E-state index in [2.05, 4.69) is 15.9 Å². The van der Waals surface area contributed by atoms with Gasteiger partial charge in [0.05, 0.1) is 5.02 Å². The SMILES string of the molecule is Clc1ccc(Br)cc1Oc1ccccc1. The zero-order valence-electron chi connectivity index (χ0n) is 7.78. The molecule has 1 nitrogen and oxygen atoms in total. The van der Waals surface area contributed by atoms with Crippen molar-refractivity contribution < 1.29 is 4.74 Å². The van der Waals surface area contributed by atoms with Crippen LogP contribution in [-0.2, 0) is 0 Å². The summed E-state index contributed by atoms with van der Waals surface area (Å²) in [5.74, 6) is 1.43. The van der Waals surface area contributed by atoms with E-state index < -0.39 is 0 Å². The summed E-state index contributed by atoms with van der Waals surface area (Å²) in [4.78, 5) is 0. The molecule has 2 rings (SSSR count). The zero-order valence-corrected chi connectivity index (χ0v) is 10.1. The second-order valence-corrected chi connectivity index (χ2v) is 4.31. The van der Waals surface area contributed by atoms with E-state index in [-0.39, 0.29) is 0 Å². The highest BCUT2D eigenvalue weighted by molar-refractivity contribution is 9.10. The van der Waals surface area contributed by atoms with Crippen LogP contribution < -0.4 is 4.74 Å². The molecule has 0 unspecified atom stereocenters. The molecule has 0 atom stereocenters. The van der Waals surface area contributed by atoms with Crippen molar-refractivity contribution >= 4 is 27.5 Å². The summed E-state index contributed by atoms with van der Waals surface area (Å²) in [5, 5.41) is 0.599. The van der Waals surface area contributed by atoms with Gasteiger partial charge in [0, 0.05) is 4.47 Å². The lowest BCUT2D eigenvalue weighted by Gasteiger charge is -2.07. The second-order valence-electron chi connectivity index (χ2n) is 2.99. The van der Waals surface area contributed by atoms with Crippen molar-refractivity contribution in [3.8, 4) is 11.5 Å². The van der Waals surface area contributed by atoms with Crippen LogP contribution in [0.4, 0.5) is 0 Å². The van der Waals surface area contributed by atoms with Crippen molar-refractivity contribution in [3.63, 3.8) is 0 Å². The van der Waals surface area contributed by atoms with Crippen LogP contribution in [0.1, 0.15) is 0 Å². The summed E-state index contributed by atoms with van der Waals surface area (Å²) >= 11 is 9.37. The van der Waals surface area contributed by atoms with E-state index in [0.29, 0.717) is 10.8 Å². The third-order valence-electron chi connectivity index (χ3n) is 1.86. The van der Waals surface area contributed by atoms with Gasteiger partial charge in [-0.25, -0.2) is 0 Å². The van der Waals surface area contributed by atoms with E-state index in [0.717, 1.165) is 10.2 Å². The first-order chi connectivity index (χ1) is 7.25. The Labute approximate surface area is 102 Å². The molecule has 0 spiro atoms. The van der Waals surface area contributed by atoms with Gasteiger partial charge in [-0.2, -0.15) is 0 Å². The summed E-state index contributed by atoms with van der Waals surface area (Å²) in [6.07, 6.45) is 0. The standard InChI is InChI=1S/C12H8BrClO/c13-9-6-7-11(14)12(8-9)15-10-4-2-1-3-5-10/h1-8H. The lowest BCUT2D eigenvalue weighted by atomic mass is 10.3. The summed E-state index contributed by atoms with van der Waals surface area (Å²) in [7, 11) is 0. The van der Waals surface area contributed by atoms with Gasteiger partial charge in [-0.3, -0.25) is 0 Å². The Hall–Kier alpha value is -0.990. The molecule has 0 saturated heterocycles. The van der Waals surface area contributed by atoms with Crippen LogP contribution in [0.3, 0.4) is 0 Å². The van der Waals surface area contributed by atoms with Crippen molar-refractivity contribution in [3.05, 3.63) is 58.0 Å². The Balaban J connectivity index is 2.28. The van der Waals surface area contributed by atoms with Gasteiger partial charge in [-0.15, -0.1) is 0 Å². The maximum absolute atomic E-state index is 6.00. The number of hydrogen-bond donors (Lipinski definition) is 0. The zero-order chi connectivity index (χ0) is 10.7. The van der Waals surface area contributed by atoms with Gasteiger partial charge in [-0.1, -0.05) is 45.7 Å². The molecule has 0 aliphatic rings. The molecular formula is C12H8BrClO. The van der Waals surface area contributed by atoms with Crippen LogP contribution in [-0.4, -0.2) is 0 Å². The Bertz CT molecular complexity index is 456. The van der Waals surface area contributed by atoms with Crippen LogP contribution >= 0.6 is 27.5 Å². The van der Waals surface area contributed by atoms with E-state index in [9.17, 15) is 0 Å². The van der Waals surface area contributed by atoms with Crippen molar-refractivity contribution in [2.75, 3.05) is 0 Å². The fourth-order valence-electron chi connectivity index (χ4n) is 1.17. The first-order valence-electron chi connectivity index (χ1n) is 4.43. The normalized spacial score (nSPS) is 10.0. The lowest BCUT2D eigenvalue weighted by molar-refractivity contribution is 0.482. The molecule has 0 radical (unpaired) electrons. The van der Waals surface area contributed by atoms with Crippen LogP contribution in [0.15, 0.2) is 53.0 Å². The molecule has 76 valence electrons. The minimum absolute atomic E-state index is 0.599. The number of para-hydroxylation sites is 1. The molecule has 0 N–H and O–H groups in total. The highest BCUT2D eigenvalue weighted by Gasteiger charge is 2.03. The Morgan fingerprint density at radius 3 is 2.47 bits per heavy atom. The van der Waals surface area contributed by atoms with Gasteiger partial charge in [0.2, 0.25) is 0 Å². The minimum Gasteiger partial charge on any atom is -0.456 e. The highest BCUT2D eigenvalue weighted by atomic mass is 79.9. The smallest absolute Gasteiger partial charge is 0.147 e. The van der Waals surface area contributed by atoms with Gasteiger partial charge in [0.25, 0.3) is 0 Å². The summed E-state index contributed by atoms with van der Waals surface area (Å²) in [6.45, 7) is 0. The van der Waals surface area contributed by atoms with E-state index in [1.807, 2.05) is 42.5 Å². The average molecular weight is 284 g/mol. The van der Waals surface area contributed by atoms with Crippen LogP contribution in [0, 0.1) is 0 Å². The van der Waals surface area contributed by atoms with Crippen molar-refractivity contribution in [1.82, 2.24) is 0 Å². The summed E-state index contributed by atoms with van der Waals surface area (Å²) < 4.78 is 6.57. The molecular weight excluding hydrogens is 275 g/mol. The van der Waals surface area contributed by atoms with Gasteiger partial charge < -0.3 is 4.74 Å². The molecule has 0 fully saturated rings. The third-order valence-corrected chi connectivity index (χ3v) is 2.67. The van der Waals surface area contributed by atoms with E-state index in [1.165, 1.54) is 0 Å². The molecule has 2 aromatic carbocycles. The van der Waals surface area contributed by atoms with Gasteiger partial charge in [0.1, 0.15) is 11.5 Å². The number of rotatable bonds is 2. The molecule has 0 heterocycles.